The Balaban J connectivity index is 0.932. The Morgan fingerprint density at radius 1 is 0.869 bits per heavy atom. The largest absolute Gasteiger partial charge is 0.481 e. The molecule has 2 amide bonds. The molecule has 0 radical (unpaired) electrons. The fourth-order valence-corrected chi connectivity index (χ4v) is 16.3. The maximum absolute atomic E-state index is 14.4. The van der Waals surface area contributed by atoms with Gasteiger partial charge in [0.2, 0.25) is 5.91 Å². The van der Waals surface area contributed by atoms with E-state index in [9.17, 15) is 29.1 Å². The van der Waals surface area contributed by atoms with Gasteiger partial charge in [-0.3, -0.25) is 24.0 Å². The molecular formula is C50H68ClN3O7. The van der Waals surface area contributed by atoms with Crippen LogP contribution in [0.4, 0.5) is 0 Å². The number of ether oxygens (including phenoxy) is 1. The Kier molecular flexibility index (Phi) is 9.79. The van der Waals surface area contributed by atoms with E-state index >= 15 is 0 Å². The number of rotatable bonds is 10. The number of halogens is 1. The first-order valence-electron chi connectivity index (χ1n) is 23.3. The van der Waals surface area contributed by atoms with Crippen molar-refractivity contribution in [1.29, 1.82) is 0 Å². The Hall–Kier alpha value is -3.24. The lowest BCUT2D eigenvalue weighted by Crippen LogP contribution is -2.73. The number of fused-ring (bicyclic) bond motifs is 6. The minimum atomic E-state index is -0.834. The van der Waals surface area contributed by atoms with Crippen molar-refractivity contribution < 1.29 is 33.8 Å². The van der Waals surface area contributed by atoms with E-state index in [0.717, 1.165) is 63.4 Å². The van der Waals surface area contributed by atoms with Gasteiger partial charge in [-0.05, 0) is 139 Å². The minimum Gasteiger partial charge on any atom is -0.481 e. The molecule has 1 aliphatic heterocycles. The maximum atomic E-state index is 14.4. The van der Waals surface area contributed by atoms with Gasteiger partial charge in [-0.15, -0.1) is 0 Å². The lowest BCUT2D eigenvalue weighted by molar-refractivity contribution is -0.221. The minimum absolute atomic E-state index is 0.0316. The molecule has 8 aliphatic rings. The van der Waals surface area contributed by atoms with Gasteiger partial charge in [0, 0.05) is 53.9 Å². The van der Waals surface area contributed by atoms with Crippen LogP contribution in [0.2, 0.25) is 5.02 Å². The number of hydrogen-bond acceptors (Lipinski definition) is 7. The number of benzene rings is 1. The Bertz CT molecular complexity index is 2110. The summed E-state index contributed by atoms with van der Waals surface area (Å²) in [5.41, 5.74) is 1.13. The molecule has 332 valence electrons. The summed E-state index contributed by atoms with van der Waals surface area (Å²) in [4.78, 5) is 67.1. The van der Waals surface area contributed by atoms with Crippen molar-refractivity contribution in [3.05, 3.63) is 46.0 Å². The van der Waals surface area contributed by atoms with Crippen LogP contribution in [0.15, 0.2) is 35.4 Å². The molecule has 10 nitrogen and oxygen atoms in total. The molecule has 7 fully saturated rings. The Labute approximate surface area is 366 Å². The van der Waals surface area contributed by atoms with Gasteiger partial charge in [-0.1, -0.05) is 72.6 Å². The molecule has 1 unspecified atom stereocenters. The number of Topliss-reactive ketones (excluding diaryl/α,β-unsaturated/α-hetero) is 1. The van der Waals surface area contributed by atoms with Crippen molar-refractivity contribution in [1.82, 2.24) is 16.0 Å². The van der Waals surface area contributed by atoms with Gasteiger partial charge in [0.25, 0.3) is 5.91 Å². The van der Waals surface area contributed by atoms with E-state index in [-0.39, 0.29) is 80.9 Å². The van der Waals surface area contributed by atoms with Gasteiger partial charge in [0.05, 0.1) is 17.4 Å². The number of hydrogen-bond donors (Lipinski definition) is 4. The highest BCUT2D eigenvalue weighted by Crippen LogP contribution is 2.87. The summed E-state index contributed by atoms with van der Waals surface area (Å²) in [6.45, 7) is 19.5. The van der Waals surface area contributed by atoms with Crippen LogP contribution in [0, 0.1) is 67.5 Å². The summed E-state index contributed by atoms with van der Waals surface area (Å²) < 4.78 is 6.46. The maximum Gasteiger partial charge on any atom is 0.309 e. The summed E-state index contributed by atoms with van der Waals surface area (Å²) >= 11 is 6.04. The average molecular weight is 859 g/mol. The molecule has 6 saturated carbocycles. The number of esters is 1. The number of nitrogens with one attached hydrogen (secondary N) is 3. The third-order valence-electron chi connectivity index (χ3n) is 20.1. The molecule has 11 atom stereocenters. The number of carbonyl (C=O) groups excluding carboxylic acids is 4. The van der Waals surface area contributed by atoms with Crippen LogP contribution >= 0.6 is 11.6 Å². The number of allylic oxidation sites excluding steroid dienone is 2. The first-order valence-corrected chi connectivity index (χ1v) is 23.7. The summed E-state index contributed by atoms with van der Waals surface area (Å²) in [7, 11) is 0. The first-order chi connectivity index (χ1) is 28.5. The zero-order valence-corrected chi connectivity index (χ0v) is 38.4. The normalized spacial score (nSPS) is 42.3. The highest BCUT2D eigenvalue weighted by molar-refractivity contribution is 6.30. The molecule has 61 heavy (non-hydrogen) atoms. The molecule has 11 heteroatoms. The van der Waals surface area contributed by atoms with Crippen LogP contribution < -0.4 is 16.0 Å². The molecule has 1 saturated heterocycles. The molecule has 0 bridgehead atoms. The molecule has 1 heterocycles. The molecule has 1 spiro atoms. The third kappa shape index (κ3) is 5.91. The average Bonchev–Trinajstić information content (AvgIpc) is 3.71. The molecule has 0 aromatic heterocycles. The van der Waals surface area contributed by atoms with Gasteiger partial charge < -0.3 is 25.8 Å². The number of ketones is 1. The molecule has 7 aliphatic carbocycles. The van der Waals surface area contributed by atoms with Gasteiger partial charge in [0.15, 0.2) is 5.78 Å². The zero-order chi connectivity index (χ0) is 43.9. The molecule has 1 aromatic carbocycles. The second kappa shape index (κ2) is 13.9. The smallest absolute Gasteiger partial charge is 0.309 e. The van der Waals surface area contributed by atoms with E-state index < -0.39 is 28.3 Å². The van der Waals surface area contributed by atoms with E-state index in [2.05, 4.69) is 57.5 Å². The number of carbonyl (C=O) groups is 5. The summed E-state index contributed by atoms with van der Waals surface area (Å²) in [6.07, 6.45) is 9.82. The van der Waals surface area contributed by atoms with Gasteiger partial charge >= 0.3 is 11.9 Å². The van der Waals surface area contributed by atoms with Crippen molar-refractivity contribution in [2.24, 2.45) is 67.5 Å². The third-order valence-corrected chi connectivity index (χ3v) is 20.4. The number of carboxylic acids is 1. The summed E-state index contributed by atoms with van der Waals surface area (Å²) in [5.74, 6) is -1.22. The van der Waals surface area contributed by atoms with Crippen LogP contribution in [0.1, 0.15) is 143 Å². The predicted molar refractivity (Wildman–Crippen MR) is 232 cm³/mol. The van der Waals surface area contributed by atoms with Gasteiger partial charge in [-0.2, -0.15) is 0 Å². The number of carboxylic acid groups (broad SMARTS) is 1. The highest BCUT2D eigenvalue weighted by Gasteiger charge is 2.82. The van der Waals surface area contributed by atoms with Gasteiger partial charge in [0.1, 0.15) is 6.10 Å². The highest BCUT2D eigenvalue weighted by atomic mass is 35.5. The Morgan fingerprint density at radius 2 is 1.56 bits per heavy atom. The van der Waals surface area contributed by atoms with Crippen LogP contribution in [-0.2, 0) is 23.9 Å². The van der Waals surface area contributed by atoms with E-state index in [0.29, 0.717) is 49.0 Å². The topological polar surface area (TPSA) is 151 Å². The standard InChI is InChI=1S/C50H68ClN3O7/c1-28(2)38-34(55)22-48(23-37(56)54-49(25-52-26-49)27-53-40(57)29-9-11-30(51)12-10-29)19-17-44(5)31(39(38)48)13-14-35-45(44,6)18-20-50-24-47(50,8)36(15-16-46(35,50)7)61-42(60)33-21-32(41(58)59)43(33,3)4/h9-12,28,31-33,35-36,52H,13-27H2,1-8H3,(H,53,57)(H,54,56)(H,58,59)/t31?,32-,33+,35-,36-,44+,45+,46+,47+,48-,50-/m0/s1. The van der Waals surface area contributed by atoms with E-state index in [4.69, 9.17) is 16.3 Å². The fraction of sp³-hybridized carbons (Fsp3) is 0.740. The van der Waals surface area contributed by atoms with Crippen LogP contribution in [0.5, 0.6) is 0 Å². The van der Waals surface area contributed by atoms with Gasteiger partial charge in [-0.25, -0.2) is 0 Å². The monoisotopic (exact) mass is 857 g/mol. The van der Waals surface area contributed by atoms with Crippen LogP contribution in [0.3, 0.4) is 0 Å². The van der Waals surface area contributed by atoms with Crippen LogP contribution in [-0.4, -0.2) is 65.9 Å². The van der Waals surface area contributed by atoms with Crippen molar-refractivity contribution in [2.45, 2.75) is 144 Å². The molecule has 4 N–H and O–H groups in total. The molecular weight excluding hydrogens is 790 g/mol. The quantitative estimate of drug-likeness (QED) is 0.172. The van der Waals surface area contributed by atoms with Crippen molar-refractivity contribution in [3.63, 3.8) is 0 Å². The summed E-state index contributed by atoms with van der Waals surface area (Å²) in [5, 5.41) is 19.9. The second-order valence-electron chi connectivity index (χ2n) is 23.2. The van der Waals surface area contributed by atoms with E-state index in [1.54, 1.807) is 24.3 Å². The first kappa shape index (κ1) is 43.0. The molecule has 1 aromatic rings. The predicted octanol–water partition coefficient (Wildman–Crippen LogP) is 8.31. The summed E-state index contributed by atoms with van der Waals surface area (Å²) in [6, 6.07) is 6.77. The van der Waals surface area contributed by atoms with Crippen molar-refractivity contribution in [2.75, 3.05) is 19.6 Å². The SMILES string of the molecule is CC(C)C1=C2C3CC[C@@H]4[C@@]5(C)CC[C@H](OC(=O)[C@H]6C[C@@H](C(=O)O)C6(C)C)[C@@]6(C)C[C@]65CC[C@@]4(C)[C@]3(C)CC[C@@]2(CC(=O)NC2(CNC(=O)c3ccc(Cl)cc3)CNC2)CC1=O. The van der Waals surface area contributed by atoms with E-state index in [1.165, 1.54) is 5.57 Å². The second-order valence-corrected chi connectivity index (χ2v) is 23.7. The van der Waals surface area contributed by atoms with Crippen LogP contribution in [0.25, 0.3) is 0 Å². The van der Waals surface area contributed by atoms with E-state index in [1.807, 2.05) is 13.8 Å². The van der Waals surface area contributed by atoms with Crippen molar-refractivity contribution >= 4 is 41.1 Å². The molecule has 9 rings (SSSR count). The lowest BCUT2D eigenvalue weighted by atomic mass is 9.33. The number of aliphatic carboxylic acids is 1. The Morgan fingerprint density at radius 3 is 2.18 bits per heavy atom. The number of amides is 2. The lowest BCUT2D eigenvalue weighted by Gasteiger charge is -2.71. The zero-order valence-electron chi connectivity index (χ0n) is 37.7. The van der Waals surface area contributed by atoms with Crippen molar-refractivity contribution in [3.8, 4) is 0 Å². The fourth-order valence-electron chi connectivity index (χ4n) is 16.2.